The Labute approximate surface area is 154 Å². The van der Waals surface area contributed by atoms with Crippen molar-refractivity contribution >= 4 is 11.8 Å². The number of rotatable bonds is 8. The van der Waals surface area contributed by atoms with Crippen molar-refractivity contribution in [3.63, 3.8) is 0 Å². The lowest BCUT2D eigenvalue weighted by Crippen LogP contribution is -2.51. The molecule has 0 saturated carbocycles. The molecule has 3 atom stereocenters. The maximum Gasteiger partial charge on any atom is 0.222 e. The third kappa shape index (κ3) is 5.71. The van der Waals surface area contributed by atoms with E-state index in [9.17, 15) is 14.7 Å². The summed E-state index contributed by atoms with van der Waals surface area (Å²) in [6.45, 7) is 1.98. The first kappa shape index (κ1) is 20.2. The second kappa shape index (κ2) is 10.1. The van der Waals surface area contributed by atoms with Crippen LogP contribution in [-0.2, 0) is 20.9 Å². The molecule has 1 aromatic carbocycles. The van der Waals surface area contributed by atoms with Crippen LogP contribution in [0.2, 0.25) is 0 Å². The van der Waals surface area contributed by atoms with Gasteiger partial charge in [0, 0.05) is 18.5 Å². The highest BCUT2D eigenvalue weighted by Crippen LogP contribution is 2.22. The van der Waals surface area contributed by atoms with Crippen LogP contribution in [0.1, 0.15) is 38.2 Å². The van der Waals surface area contributed by atoms with Crippen LogP contribution in [0, 0.1) is 0 Å². The number of carbonyl (C=O) groups is 2. The van der Waals surface area contributed by atoms with Crippen molar-refractivity contribution in [2.75, 3.05) is 13.7 Å². The minimum atomic E-state index is -0.480. The highest BCUT2D eigenvalue weighted by Gasteiger charge is 2.32. The van der Waals surface area contributed by atoms with Crippen LogP contribution in [0.5, 0.6) is 5.75 Å². The van der Waals surface area contributed by atoms with Crippen molar-refractivity contribution in [1.82, 2.24) is 10.6 Å². The van der Waals surface area contributed by atoms with Crippen LogP contribution >= 0.6 is 0 Å². The number of ether oxygens (including phenoxy) is 2. The van der Waals surface area contributed by atoms with Crippen LogP contribution in [0.3, 0.4) is 0 Å². The quantitative estimate of drug-likeness (QED) is 0.643. The largest absolute Gasteiger partial charge is 0.496 e. The Morgan fingerprint density at radius 2 is 2.04 bits per heavy atom. The predicted molar refractivity (Wildman–Crippen MR) is 96.7 cm³/mol. The number of methoxy groups -OCH3 is 1. The topological polar surface area (TPSA) is 96.9 Å². The molecule has 2 amide bonds. The summed E-state index contributed by atoms with van der Waals surface area (Å²) in [4.78, 5) is 23.8. The third-order valence-electron chi connectivity index (χ3n) is 4.54. The fourth-order valence-electron chi connectivity index (χ4n) is 3.08. The summed E-state index contributed by atoms with van der Waals surface area (Å²) in [5.74, 6) is 0.551. The zero-order valence-corrected chi connectivity index (χ0v) is 15.4. The monoisotopic (exact) mass is 364 g/mol. The maximum absolute atomic E-state index is 12.2. The number of hydrogen-bond donors (Lipinski definition) is 3. The van der Waals surface area contributed by atoms with Gasteiger partial charge in [-0.3, -0.25) is 9.59 Å². The van der Waals surface area contributed by atoms with Gasteiger partial charge in [-0.25, -0.2) is 0 Å². The fraction of sp³-hybridized carbons (Fsp3) is 0.579. The highest BCUT2D eigenvalue weighted by molar-refractivity contribution is 5.77. The summed E-state index contributed by atoms with van der Waals surface area (Å²) in [7, 11) is 1.60. The summed E-state index contributed by atoms with van der Waals surface area (Å²) in [5.41, 5.74) is 0.906. The Kier molecular flexibility index (Phi) is 7.87. The lowest BCUT2D eigenvalue weighted by molar-refractivity contribution is -0.135. The molecule has 144 valence electrons. The molecule has 0 spiro atoms. The van der Waals surface area contributed by atoms with Gasteiger partial charge in [-0.2, -0.15) is 0 Å². The molecule has 26 heavy (non-hydrogen) atoms. The summed E-state index contributed by atoms with van der Waals surface area (Å²) >= 11 is 0. The van der Waals surface area contributed by atoms with Gasteiger partial charge in [0.2, 0.25) is 11.8 Å². The minimum absolute atomic E-state index is 0.0648. The average Bonchev–Trinajstić information content (AvgIpc) is 2.67. The molecule has 1 fully saturated rings. The van der Waals surface area contributed by atoms with Gasteiger partial charge >= 0.3 is 0 Å². The molecule has 0 aromatic heterocycles. The Bertz CT molecular complexity index is 607. The van der Waals surface area contributed by atoms with Crippen molar-refractivity contribution in [3.8, 4) is 5.75 Å². The lowest BCUT2D eigenvalue weighted by atomic mass is 9.96. The average molecular weight is 364 g/mol. The summed E-state index contributed by atoms with van der Waals surface area (Å²) in [6, 6.07) is 7.31. The first-order chi connectivity index (χ1) is 12.6. The lowest BCUT2D eigenvalue weighted by Gasteiger charge is -2.36. The van der Waals surface area contributed by atoms with E-state index < -0.39 is 6.10 Å². The molecule has 0 bridgehead atoms. The standard InChI is InChI=1S/C19H28N2O5/c1-3-18(23)21-15-9-8-14(26-17(15)12-22)10-19(24)20-11-13-6-4-5-7-16(13)25-2/h4-7,14-15,17,22H,3,8-12H2,1-2H3,(H,20,24)(H,21,23)/t14-,15+,17+/m0/s1. The minimum Gasteiger partial charge on any atom is -0.496 e. The Morgan fingerprint density at radius 1 is 1.27 bits per heavy atom. The van der Waals surface area contributed by atoms with E-state index in [4.69, 9.17) is 9.47 Å². The van der Waals surface area contributed by atoms with Gasteiger partial charge in [0.25, 0.3) is 0 Å². The molecule has 7 nitrogen and oxygen atoms in total. The van der Waals surface area contributed by atoms with Crippen molar-refractivity contribution in [3.05, 3.63) is 29.8 Å². The van der Waals surface area contributed by atoms with E-state index >= 15 is 0 Å². The summed E-state index contributed by atoms with van der Waals surface area (Å²) in [5, 5.41) is 15.3. The zero-order valence-electron chi connectivity index (χ0n) is 15.4. The summed E-state index contributed by atoms with van der Waals surface area (Å²) in [6.07, 6.45) is 1.21. The van der Waals surface area contributed by atoms with Crippen molar-refractivity contribution in [1.29, 1.82) is 0 Å². The van der Waals surface area contributed by atoms with Crippen LogP contribution in [0.15, 0.2) is 24.3 Å². The molecule has 0 aliphatic carbocycles. The predicted octanol–water partition coefficient (Wildman–Crippen LogP) is 1.14. The molecular formula is C19H28N2O5. The van der Waals surface area contributed by atoms with Gasteiger partial charge in [-0.05, 0) is 18.9 Å². The first-order valence-corrected chi connectivity index (χ1v) is 9.01. The Hall–Kier alpha value is -2.12. The van der Waals surface area contributed by atoms with E-state index in [2.05, 4.69) is 10.6 Å². The van der Waals surface area contributed by atoms with E-state index in [0.717, 1.165) is 11.3 Å². The van der Waals surface area contributed by atoms with Gasteiger partial charge in [-0.1, -0.05) is 25.1 Å². The molecule has 0 radical (unpaired) electrons. The van der Waals surface area contributed by atoms with Gasteiger partial charge in [0.05, 0.1) is 32.3 Å². The Balaban J connectivity index is 1.81. The van der Waals surface area contributed by atoms with E-state index in [1.807, 2.05) is 24.3 Å². The number of carbonyl (C=O) groups excluding carboxylic acids is 2. The second-order valence-electron chi connectivity index (χ2n) is 6.38. The molecule has 0 unspecified atom stereocenters. The highest BCUT2D eigenvalue weighted by atomic mass is 16.5. The molecule has 7 heteroatoms. The number of hydrogen-bond acceptors (Lipinski definition) is 5. The van der Waals surface area contributed by atoms with E-state index in [-0.39, 0.29) is 37.0 Å². The smallest absolute Gasteiger partial charge is 0.222 e. The zero-order chi connectivity index (χ0) is 18.9. The maximum atomic E-state index is 12.2. The van der Waals surface area contributed by atoms with E-state index in [0.29, 0.717) is 25.8 Å². The van der Waals surface area contributed by atoms with Crippen LogP contribution < -0.4 is 15.4 Å². The fourth-order valence-corrected chi connectivity index (χ4v) is 3.08. The van der Waals surface area contributed by atoms with Gasteiger partial charge in [0.15, 0.2) is 0 Å². The summed E-state index contributed by atoms with van der Waals surface area (Å²) < 4.78 is 11.1. The number of aliphatic hydroxyl groups excluding tert-OH is 1. The molecule has 2 rings (SSSR count). The molecule has 1 aliphatic rings. The Morgan fingerprint density at radius 3 is 2.73 bits per heavy atom. The SMILES string of the molecule is CCC(=O)N[C@@H]1CC[C@@H](CC(=O)NCc2ccccc2OC)O[C@@H]1CO. The van der Waals surface area contributed by atoms with Gasteiger partial charge in [0.1, 0.15) is 11.9 Å². The first-order valence-electron chi connectivity index (χ1n) is 9.01. The molecule has 3 N–H and O–H groups in total. The van der Waals surface area contributed by atoms with Gasteiger partial charge < -0.3 is 25.2 Å². The normalized spacial score (nSPS) is 22.5. The van der Waals surface area contributed by atoms with E-state index in [1.54, 1.807) is 14.0 Å². The van der Waals surface area contributed by atoms with Crippen LogP contribution in [0.25, 0.3) is 0 Å². The van der Waals surface area contributed by atoms with Crippen molar-refractivity contribution < 1.29 is 24.2 Å². The number of nitrogens with one attached hydrogen (secondary N) is 2. The molecule has 1 aromatic rings. The molecule has 1 heterocycles. The number of benzene rings is 1. The number of aliphatic hydroxyl groups is 1. The third-order valence-corrected chi connectivity index (χ3v) is 4.54. The molecular weight excluding hydrogens is 336 g/mol. The molecule has 1 aliphatic heterocycles. The molecule has 1 saturated heterocycles. The number of para-hydroxylation sites is 1. The van der Waals surface area contributed by atoms with Crippen molar-refractivity contribution in [2.45, 2.75) is 57.4 Å². The van der Waals surface area contributed by atoms with Crippen LogP contribution in [-0.4, -0.2) is 48.9 Å². The van der Waals surface area contributed by atoms with Crippen LogP contribution in [0.4, 0.5) is 0 Å². The second-order valence-corrected chi connectivity index (χ2v) is 6.38. The van der Waals surface area contributed by atoms with Crippen molar-refractivity contribution in [2.24, 2.45) is 0 Å². The van der Waals surface area contributed by atoms with Gasteiger partial charge in [-0.15, -0.1) is 0 Å². The van der Waals surface area contributed by atoms with E-state index in [1.165, 1.54) is 0 Å². The number of amides is 2.